The predicted molar refractivity (Wildman–Crippen MR) is 69.0 cm³/mol. The Morgan fingerprint density at radius 3 is 2.83 bits per heavy atom. The third-order valence-corrected chi connectivity index (χ3v) is 3.50. The molecular weight excluding hydrogens is 324 g/mol. The normalized spacial score (nSPS) is 12.8. The first kappa shape index (κ1) is 13.6. The van der Waals surface area contributed by atoms with Crippen LogP contribution in [0.15, 0.2) is 25.6 Å². The zero-order valence-electron chi connectivity index (χ0n) is 9.24. The van der Waals surface area contributed by atoms with E-state index in [4.69, 9.17) is 19.0 Å². The maximum absolute atomic E-state index is 9.16. The number of aliphatic hydroxyl groups excluding tert-OH is 2. The molecule has 0 fully saturated rings. The van der Waals surface area contributed by atoms with Crippen LogP contribution in [0.4, 0.5) is 0 Å². The van der Waals surface area contributed by atoms with Crippen LogP contribution in [0.3, 0.4) is 0 Å². The number of halogens is 1. The molecule has 8 heteroatoms. The molecule has 0 spiro atoms. The predicted octanol–water partition coefficient (Wildman–Crippen LogP) is 1.68. The van der Waals surface area contributed by atoms with E-state index < -0.39 is 6.10 Å². The van der Waals surface area contributed by atoms with Gasteiger partial charge < -0.3 is 19.0 Å². The minimum Gasteiger partial charge on any atom is -0.444 e. The summed E-state index contributed by atoms with van der Waals surface area (Å²) in [5.41, 5.74) is 0. The van der Waals surface area contributed by atoms with Crippen molar-refractivity contribution >= 4 is 27.7 Å². The Bertz CT molecular complexity index is 502. The first-order valence-electron chi connectivity index (χ1n) is 5.14. The highest BCUT2D eigenvalue weighted by Crippen LogP contribution is 2.24. The van der Waals surface area contributed by atoms with Crippen molar-refractivity contribution in [2.75, 3.05) is 12.4 Å². The van der Waals surface area contributed by atoms with Gasteiger partial charge in [0.15, 0.2) is 10.4 Å². The average Bonchev–Trinajstić information content (AvgIpc) is 2.97. The molecule has 0 saturated carbocycles. The molecule has 98 valence electrons. The lowest BCUT2D eigenvalue weighted by Gasteiger charge is -2.03. The molecule has 2 aromatic heterocycles. The summed E-state index contributed by atoms with van der Waals surface area (Å²) >= 11 is 4.60. The molecule has 0 saturated heterocycles. The van der Waals surface area contributed by atoms with Gasteiger partial charge in [0.1, 0.15) is 0 Å². The summed E-state index contributed by atoms with van der Waals surface area (Å²) in [6.45, 7) is -0.248. The van der Waals surface area contributed by atoms with Crippen molar-refractivity contribution in [3.05, 3.63) is 22.7 Å². The fourth-order valence-electron chi connectivity index (χ4n) is 1.18. The molecule has 1 atom stereocenters. The third kappa shape index (κ3) is 3.58. The molecule has 0 aliphatic heterocycles. The van der Waals surface area contributed by atoms with Gasteiger partial charge in [0.05, 0.1) is 18.5 Å². The Morgan fingerprint density at radius 1 is 1.33 bits per heavy atom. The number of aromatic nitrogens is 2. The SMILES string of the molecule is OCC(O)CSCc1nnc(-c2ccc(Br)o2)o1. The second-order valence-electron chi connectivity index (χ2n) is 3.46. The van der Waals surface area contributed by atoms with Crippen molar-refractivity contribution < 1.29 is 19.0 Å². The Kier molecular flexibility index (Phi) is 4.81. The first-order valence-corrected chi connectivity index (χ1v) is 7.08. The summed E-state index contributed by atoms with van der Waals surface area (Å²) in [5, 5.41) is 25.5. The number of rotatable bonds is 6. The van der Waals surface area contributed by atoms with E-state index in [1.54, 1.807) is 12.1 Å². The van der Waals surface area contributed by atoms with E-state index in [2.05, 4.69) is 26.1 Å². The second kappa shape index (κ2) is 6.37. The van der Waals surface area contributed by atoms with Crippen LogP contribution in [0.5, 0.6) is 0 Å². The lowest BCUT2D eigenvalue weighted by atomic mass is 10.4. The molecule has 2 rings (SSSR count). The fourth-order valence-corrected chi connectivity index (χ4v) is 2.27. The smallest absolute Gasteiger partial charge is 0.283 e. The zero-order chi connectivity index (χ0) is 13.0. The van der Waals surface area contributed by atoms with Crippen LogP contribution < -0.4 is 0 Å². The van der Waals surface area contributed by atoms with E-state index in [1.807, 2.05) is 0 Å². The molecule has 0 bridgehead atoms. The lowest BCUT2D eigenvalue weighted by molar-refractivity contribution is 0.113. The van der Waals surface area contributed by atoms with E-state index in [0.717, 1.165) is 0 Å². The summed E-state index contributed by atoms with van der Waals surface area (Å²) in [4.78, 5) is 0. The molecule has 2 heterocycles. The lowest BCUT2D eigenvalue weighted by Crippen LogP contribution is -2.14. The average molecular weight is 335 g/mol. The zero-order valence-corrected chi connectivity index (χ0v) is 11.6. The molecule has 0 radical (unpaired) electrons. The van der Waals surface area contributed by atoms with Gasteiger partial charge in [-0.15, -0.1) is 22.0 Å². The van der Waals surface area contributed by atoms with Gasteiger partial charge in [0, 0.05) is 5.75 Å². The van der Waals surface area contributed by atoms with E-state index in [9.17, 15) is 0 Å². The van der Waals surface area contributed by atoms with Gasteiger partial charge >= 0.3 is 0 Å². The number of aliphatic hydroxyl groups is 2. The summed E-state index contributed by atoms with van der Waals surface area (Å²) < 4.78 is 11.3. The fraction of sp³-hybridized carbons (Fsp3) is 0.400. The molecule has 1 unspecified atom stereocenters. The van der Waals surface area contributed by atoms with Crippen LogP contribution in [-0.4, -0.2) is 38.9 Å². The quantitative estimate of drug-likeness (QED) is 0.830. The summed E-state index contributed by atoms with van der Waals surface area (Å²) in [6, 6.07) is 3.47. The molecule has 6 nitrogen and oxygen atoms in total. The molecule has 0 aliphatic carbocycles. The van der Waals surface area contributed by atoms with Gasteiger partial charge in [0.25, 0.3) is 5.89 Å². The van der Waals surface area contributed by atoms with Crippen molar-refractivity contribution in [3.8, 4) is 11.7 Å². The highest BCUT2D eigenvalue weighted by Gasteiger charge is 2.12. The Hall–Kier alpha value is -0.830. The minimum absolute atomic E-state index is 0.248. The van der Waals surface area contributed by atoms with Crippen LogP contribution in [0, 0.1) is 0 Å². The van der Waals surface area contributed by atoms with E-state index in [1.165, 1.54) is 11.8 Å². The van der Waals surface area contributed by atoms with Crippen LogP contribution in [0.1, 0.15) is 5.89 Å². The van der Waals surface area contributed by atoms with Gasteiger partial charge in [-0.3, -0.25) is 0 Å². The number of hydrogen-bond acceptors (Lipinski definition) is 7. The molecular formula is C10H11BrN2O4S. The van der Waals surface area contributed by atoms with Crippen molar-refractivity contribution in [1.82, 2.24) is 10.2 Å². The topological polar surface area (TPSA) is 92.5 Å². The second-order valence-corrected chi connectivity index (χ2v) is 5.27. The molecule has 2 aromatic rings. The van der Waals surface area contributed by atoms with Crippen LogP contribution >= 0.6 is 27.7 Å². The summed E-state index contributed by atoms with van der Waals surface area (Å²) in [7, 11) is 0. The van der Waals surface area contributed by atoms with Crippen molar-refractivity contribution in [2.45, 2.75) is 11.9 Å². The van der Waals surface area contributed by atoms with Crippen molar-refractivity contribution in [2.24, 2.45) is 0 Å². The summed E-state index contributed by atoms with van der Waals surface area (Å²) in [5.74, 6) is 2.17. The van der Waals surface area contributed by atoms with Crippen LogP contribution in [0.2, 0.25) is 0 Å². The molecule has 0 aliphatic rings. The standard InChI is InChI=1S/C10H11BrN2O4S/c11-8-2-1-7(16-8)10-13-12-9(17-10)5-18-4-6(15)3-14/h1-2,6,14-15H,3-5H2. The highest BCUT2D eigenvalue weighted by molar-refractivity contribution is 9.10. The maximum Gasteiger partial charge on any atom is 0.283 e. The van der Waals surface area contributed by atoms with E-state index >= 15 is 0 Å². The number of hydrogen-bond donors (Lipinski definition) is 2. The monoisotopic (exact) mass is 334 g/mol. The molecule has 2 N–H and O–H groups in total. The van der Waals surface area contributed by atoms with Gasteiger partial charge in [-0.05, 0) is 28.1 Å². The number of nitrogens with zero attached hydrogens (tertiary/aromatic N) is 2. The van der Waals surface area contributed by atoms with Gasteiger partial charge in [-0.2, -0.15) is 0 Å². The van der Waals surface area contributed by atoms with E-state index in [0.29, 0.717) is 33.7 Å². The van der Waals surface area contributed by atoms with E-state index in [-0.39, 0.29) is 6.61 Å². The van der Waals surface area contributed by atoms with Crippen molar-refractivity contribution in [3.63, 3.8) is 0 Å². The Labute approximate surface area is 116 Å². The van der Waals surface area contributed by atoms with Gasteiger partial charge in [-0.1, -0.05) is 0 Å². The van der Waals surface area contributed by atoms with Crippen LogP contribution in [0.25, 0.3) is 11.7 Å². The van der Waals surface area contributed by atoms with Crippen molar-refractivity contribution in [1.29, 1.82) is 0 Å². The Morgan fingerprint density at radius 2 is 2.17 bits per heavy atom. The first-order chi connectivity index (χ1) is 8.69. The molecule has 0 amide bonds. The Balaban J connectivity index is 1.90. The molecule has 18 heavy (non-hydrogen) atoms. The summed E-state index contributed by atoms with van der Waals surface area (Å²) in [6.07, 6.45) is -0.724. The molecule has 0 aromatic carbocycles. The van der Waals surface area contributed by atoms with Crippen LogP contribution in [-0.2, 0) is 5.75 Å². The minimum atomic E-state index is -0.724. The largest absolute Gasteiger partial charge is 0.444 e. The number of thioether (sulfide) groups is 1. The third-order valence-electron chi connectivity index (χ3n) is 2.00. The maximum atomic E-state index is 9.16. The van der Waals surface area contributed by atoms with Gasteiger partial charge in [0.2, 0.25) is 5.89 Å². The van der Waals surface area contributed by atoms with Gasteiger partial charge in [-0.25, -0.2) is 0 Å². The number of furan rings is 1. The highest BCUT2D eigenvalue weighted by atomic mass is 79.9.